The van der Waals surface area contributed by atoms with Crippen molar-refractivity contribution in [2.75, 3.05) is 0 Å². The standard InChI is InChI=1S/C12H17N5/c1-17-12(14-9-15-17)8-11(16-13)7-10-5-3-2-4-6-10/h2-6,9,11,16H,7-8,13H2,1H3. The first-order chi connectivity index (χ1) is 8.29. The van der Waals surface area contributed by atoms with Crippen molar-refractivity contribution in [3.8, 4) is 0 Å². The fraction of sp³-hybridized carbons (Fsp3) is 0.333. The predicted molar refractivity (Wildman–Crippen MR) is 66.0 cm³/mol. The maximum Gasteiger partial charge on any atom is 0.138 e. The highest BCUT2D eigenvalue weighted by Crippen LogP contribution is 2.06. The van der Waals surface area contributed by atoms with Gasteiger partial charge in [-0.15, -0.1) is 0 Å². The second kappa shape index (κ2) is 5.56. The summed E-state index contributed by atoms with van der Waals surface area (Å²) in [4.78, 5) is 4.20. The van der Waals surface area contributed by atoms with Crippen LogP contribution in [0, 0.1) is 0 Å². The molecule has 1 unspecified atom stereocenters. The van der Waals surface area contributed by atoms with Crippen LogP contribution in [0.4, 0.5) is 0 Å². The van der Waals surface area contributed by atoms with Gasteiger partial charge in [-0.2, -0.15) is 5.10 Å². The molecule has 0 aliphatic heterocycles. The number of nitrogens with one attached hydrogen (secondary N) is 1. The van der Waals surface area contributed by atoms with E-state index in [-0.39, 0.29) is 6.04 Å². The maximum atomic E-state index is 5.58. The summed E-state index contributed by atoms with van der Waals surface area (Å²) in [7, 11) is 1.89. The van der Waals surface area contributed by atoms with E-state index in [9.17, 15) is 0 Å². The molecular formula is C12H17N5. The van der Waals surface area contributed by atoms with Gasteiger partial charge in [0.15, 0.2) is 0 Å². The van der Waals surface area contributed by atoms with E-state index in [4.69, 9.17) is 5.84 Å². The van der Waals surface area contributed by atoms with Crippen molar-refractivity contribution in [2.24, 2.45) is 12.9 Å². The molecule has 2 rings (SSSR count). The summed E-state index contributed by atoms with van der Waals surface area (Å²) in [6, 6.07) is 10.4. The number of aromatic nitrogens is 3. The topological polar surface area (TPSA) is 68.8 Å². The highest BCUT2D eigenvalue weighted by Gasteiger charge is 2.11. The third-order valence-corrected chi connectivity index (χ3v) is 2.79. The number of hydrogen-bond donors (Lipinski definition) is 2. The Hall–Kier alpha value is -1.72. The third kappa shape index (κ3) is 3.12. The molecule has 0 aliphatic rings. The van der Waals surface area contributed by atoms with Crippen LogP contribution < -0.4 is 11.3 Å². The fourth-order valence-corrected chi connectivity index (χ4v) is 1.81. The minimum absolute atomic E-state index is 0.167. The minimum Gasteiger partial charge on any atom is -0.271 e. The second-order valence-electron chi connectivity index (χ2n) is 4.06. The van der Waals surface area contributed by atoms with Gasteiger partial charge in [-0.3, -0.25) is 16.0 Å². The van der Waals surface area contributed by atoms with Crippen LogP contribution in [-0.4, -0.2) is 20.8 Å². The number of nitrogens with zero attached hydrogens (tertiary/aromatic N) is 3. The van der Waals surface area contributed by atoms with Crippen LogP contribution in [0.5, 0.6) is 0 Å². The lowest BCUT2D eigenvalue weighted by Gasteiger charge is -2.15. The van der Waals surface area contributed by atoms with Gasteiger partial charge >= 0.3 is 0 Å². The Morgan fingerprint density at radius 1 is 1.29 bits per heavy atom. The van der Waals surface area contributed by atoms with Crippen molar-refractivity contribution in [2.45, 2.75) is 18.9 Å². The van der Waals surface area contributed by atoms with Crippen LogP contribution >= 0.6 is 0 Å². The van der Waals surface area contributed by atoms with E-state index in [1.54, 1.807) is 11.0 Å². The molecule has 5 heteroatoms. The lowest BCUT2D eigenvalue weighted by molar-refractivity contribution is 0.499. The average Bonchev–Trinajstić information content (AvgIpc) is 2.75. The highest BCUT2D eigenvalue weighted by molar-refractivity contribution is 5.16. The van der Waals surface area contributed by atoms with Gasteiger partial charge in [0.2, 0.25) is 0 Å². The van der Waals surface area contributed by atoms with Gasteiger partial charge in [-0.05, 0) is 12.0 Å². The highest BCUT2D eigenvalue weighted by atomic mass is 15.3. The van der Waals surface area contributed by atoms with Crippen LogP contribution in [-0.2, 0) is 19.9 Å². The molecule has 0 spiro atoms. The van der Waals surface area contributed by atoms with Crippen LogP contribution in [0.1, 0.15) is 11.4 Å². The smallest absolute Gasteiger partial charge is 0.138 e. The molecule has 3 N–H and O–H groups in total. The molecule has 2 aromatic rings. The van der Waals surface area contributed by atoms with Gasteiger partial charge in [0, 0.05) is 19.5 Å². The molecule has 90 valence electrons. The fourth-order valence-electron chi connectivity index (χ4n) is 1.81. The van der Waals surface area contributed by atoms with E-state index < -0.39 is 0 Å². The lowest BCUT2D eigenvalue weighted by Crippen LogP contribution is -2.39. The summed E-state index contributed by atoms with van der Waals surface area (Å²) in [5, 5.41) is 4.05. The number of nitrogens with two attached hydrogens (primary N) is 1. The molecule has 0 fully saturated rings. The Morgan fingerprint density at radius 2 is 2.06 bits per heavy atom. The van der Waals surface area contributed by atoms with E-state index in [0.29, 0.717) is 0 Å². The Labute approximate surface area is 101 Å². The molecule has 1 heterocycles. The first-order valence-corrected chi connectivity index (χ1v) is 5.62. The molecule has 0 aliphatic carbocycles. The second-order valence-corrected chi connectivity index (χ2v) is 4.06. The van der Waals surface area contributed by atoms with E-state index in [2.05, 4.69) is 27.6 Å². The molecule has 0 amide bonds. The molecule has 1 aromatic heterocycles. The van der Waals surface area contributed by atoms with Crippen molar-refractivity contribution in [1.29, 1.82) is 0 Å². The number of hydrazine groups is 1. The van der Waals surface area contributed by atoms with Gasteiger partial charge in [-0.25, -0.2) is 4.98 Å². The van der Waals surface area contributed by atoms with Crippen LogP contribution in [0.3, 0.4) is 0 Å². The number of hydrogen-bond acceptors (Lipinski definition) is 4. The SMILES string of the molecule is Cn1ncnc1CC(Cc1ccccc1)NN. The summed E-state index contributed by atoms with van der Waals surface area (Å²) < 4.78 is 1.77. The Balaban J connectivity index is 2.00. The van der Waals surface area contributed by atoms with Crippen LogP contribution in [0.2, 0.25) is 0 Å². The van der Waals surface area contributed by atoms with Crippen LogP contribution in [0.15, 0.2) is 36.7 Å². The summed E-state index contributed by atoms with van der Waals surface area (Å²) in [6.45, 7) is 0. The summed E-state index contributed by atoms with van der Waals surface area (Å²) in [5.41, 5.74) is 4.10. The van der Waals surface area contributed by atoms with Crippen molar-refractivity contribution < 1.29 is 0 Å². The first kappa shape index (κ1) is 11.8. The van der Waals surface area contributed by atoms with Gasteiger partial charge < -0.3 is 0 Å². The zero-order chi connectivity index (χ0) is 12.1. The average molecular weight is 231 g/mol. The van der Waals surface area contributed by atoms with Crippen molar-refractivity contribution in [3.05, 3.63) is 48.0 Å². The van der Waals surface area contributed by atoms with Crippen LogP contribution in [0.25, 0.3) is 0 Å². The Kier molecular flexibility index (Phi) is 3.85. The van der Waals surface area contributed by atoms with E-state index in [1.165, 1.54) is 5.56 Å². The zero-order valence-corrected chi connectivity index (χ0v) is 9.87. The van der Waals surface area contributed by atoms with Gasteiger partial charge in [0.25, 0.3) is 0 Å². The van der Waals surface area contributed by atoms with Crippen molar-refractivity contribution >= 4 is 0 Å². The molecule has 0 saturated heterocycles. The first-order valence-electron chi connectivity index (χ1n) is 5.62. The summed E-state index contributed by atoms with van der Waals surface area (Å²) in [6.07, 6.45) is 3.21. The predicted octanol–water partition coefficient (Wildman–Crippen LogP) is 0.432. The van der Waals surface area contributed by atoms with E-state index >= 15 is 0 Å². The molecular weight excluding hydrogens is 214 g/mol. The zero-order valence-electron chi connectivity index (χ0n) is 9.87. The maximum absolute atomic E-state index is 5.58. The largest absolute Gasteiger partial charge is 0.271 e. The van der Waals surface area contributed by atoms with Gasteiger partial charge in [0.1, 0.15) is 12.2 Å². The lowest BCUT2D eigenvalue weighted by atomic mass is 10.0. The molecule has 1 atom stereocenters. The molecule has 1 aromatic carbocycles. The number of benzene rings is 1. The normalized spacial score (nSPS) is 12.6. The number of aryl methyl sites for hydroxylation is 1. The van der Waals surface area contributed by atoms with Crippen molar-refractivity contribution in [1.82, 2.24) is 20.2 Å². The van der Waals surface area contributed by atoms with Gasteiger partial charge in [0.05, 0.1) is 0 Å². The van der Waals surface area contributed by atoms with E-state index in [1.807, 2.05) is 25.2 Å². The monoisotopic (exact) mass is 231 g/mol. The molecule has 0 radical (unpaired) electrons. The van der Waals surface area contributed by atoms with Crippen molar-refractivity contribution in [3.63, 3.8) is 0 Å². The molecule has 0 bridgehead atoms. The minimum atomic E-state index is 0.167. The Bertz CT molecular complexity index is 451. The summed E-state index contributed by atoms with van der Waals surface area (Å²) in [5.74, 6) is 6.51. The quantitative estimate of drug-likeness (QED) is 0.578. The Morgan fingerprint density at radius 3 is 2.65 bits per heavy atom. The van der Waals surface area contributed by atoms with E-state index in [0.717, 1.165) is 18.7 Å². The molecule has 5 nitrogen and oxygen atoms in total. The number of rotatable bonds is 5. The third-order valence-electron chi connectivity index (χ3n) is 2.79. The molecule has 17 heavy (non-hydrogen) atoms. The molecule has 0 saturated carbocycles. The summed E-state index contributed by atoms with van der Waals surface area (Å²) >= 11 is 0. The van der Waals surface area contributed by atoms with Gasteiger partial charge in [-0.1, -0.05) is 30.3 Å².